The van der Waals surface area contributed by atoms with E-state index in [9.17, 15) is 9.18 Å². The highest BCUT2D eigenvalue weighted by Gasteiger charge is 1.95. The minimum absolute atomic E-state index is 0.286. The van der Waals surface area contributed by atoms with Gasteiger partial charge in [0.05, 0.1) is 0 Å². The van der Waals surface area contributed by atoms with Crippen LogP contribution in [0.2, 0.25) is 0 Å². The molecule has 0 aliphatic heterocycles. The maximum absolute atomic E-state index is 12.7. The average Bonchev–Trinajstić information content (AvgIpc) is 2.05. The molecule has 62 valence electrons. The summed E-state index contributed by atoms with van der Waals surface area (Å²) >= 11 is 0. The van der Waals surface area contributed by atoms with Crippen LogP contribution in [0.1, 0.15) is 12.5 Å². The van der Waals surface area contributed by atoms with Crippen molar-refractivity contribution in [3.05, 3.63) is 41.7 Å². The van der Waals surface area contributed by atoms with Crippen molar-refractivity contribution in [2.45, 2.75) is 6.92 Å². The molecule has 0 amide bonds. The van der Waals surface area contributed by atoms with Gasteiger partial charge in [0.1, 0.15) is 12.1 Å². The molecule has 0 atom stereocenters. The first-order valence-corrected chi connectivity index (χ1v) is 3.62. The molecule has 0 aliphatic rings. The van der Waals surface area contributed by atoms with Crippen LogP contribution in [0.15, 0.2) is 30.3 Å². The van der Waals surface area contributed by atoms with Crippen LogP contribution in [0.5, 0.6) is 0 Å². The number of rotatable bonds is 2. The lowest BCUT2D eigenvalue weighted by Crippen LogP contribution is -1.81. The molecule has 2 heteroatoms. The molecule has 0 radical (unpaired) electrons. The molecule has 12 heavy (non-hydrogen) atoms. The van der Waals surface area contributed by atoms with Gasteiger partial charge >= 0.3 is 0 Å². The molecule has 0 bridgehead atoms. The molecule has 0 saturated heterocycles. The Morgan fingerprint density at radius 2 is 2.25 bits per heavy atom. The fourth-order valence-corrected chi connectivity index (χ4v) is 0.932. The molecule has 1 nitrogen and oxygen atoms in total. The third-order valence-electron chi connectivity index (χ3n) is 1.60. The first-order chi connectivity index (χ1) is 5.74. The second-order valence-electron chi connectivity index (χ2n) is 2.50. The van der Waals surface area contributed by atoms with E-state index in [-0.39, 0.29) is 5.82 Å². The summed E-state index contributed by atoms with van der Waals surface area (Å²) in [6.45, 7) is 1.77. The smallest absolute Gasteiger partial charge is 0.143 e. The number of hydrogen-bond acceptors (Lipinski definition) is 1. The topological polar surface area (TPSA) is 17.1 Å². The lowest BCUT2D eigenvalue weighted by molar-refractivity contribution is -0.104. The van der Waals surface area contributed by atoms with Crippen molar-refractivity contribution in [1.29, 1.82) is 0 Å². The van der Waals surface area contributed by atoms with Crippen LogP contribution in [0.25, 0.3) is 5.57 Å². The van der Waals surface area contributed by atoms with Gasteiger partial charge < -0.3 is 0 Å². The lowest BCUT2D eigenvalue weighted by Gasteiger charge is -1.98. The molecule has 0 aliphatic carbocycles. The van der Waals surface area contributed by atoms with Gasteiger partial charge in [-0.1, -0.05) is 12.1 Å². The van der Waals surface area contributed by atoms with Gasteiger partial charge in [0.2, 0.25) is 0 Å². The Morgan fingerprint density at radius 3 is 2.83 bits per heavy atom. The van der Waals surface area contributed by atoms with Crippen LogP contribution in [0.4, 0.5) is 4.39 Å². The fraction of sp³-hybridized carbons (Fsp3) is 0.100. The number of carbonyl (C=O) groups is 1. The van der Waals surface area contributed by atoms with Gasteiger partial charge in [-0.15, -0.1) is 0 Å². The van der Waals surface area contributed by atoms with E-state index in [0.29, 0.717) is 6.29 Å². The van der Waals surface area contributed by atoms with E-state index in [2.05, 4.69) is 0 Å². The van der Waals surface area contributed by atoms with Crippen molar-refractivity contribution in [2.75, 3.05) is 0 Å². The Balaban J connectivity index is 3.03. The first kappa shape index (κ1) is 8.65. The molecular formula is C10H9FO. The quantitative estimate of drug-likeness (QED) is 0.484. The van der Waals surface area contributed by atoms with Crippen molar-refractivity contribution in [3.63, 3.8) is 0 Å². The normalized spacial score (nSPS) is 11.3. The number of carbonyl (C=O) groups excluding carboxylic acids is 1. The van der Waals surface area contributed by atoms with Gasteiger partial charge in [-0.3, -0.25) is 4.79 Å². The molecular weight excluding hydrogens is 155 g/mol. The summed E-state index contributed by atoms with van der Waals surface area (Å²) in [6.07, 6.45) is 2.11. The van der Waals surface area contributed by atoms with Crippen molar-refractivity contribution >= 4 is 11.9 Å². The second-order valence-corrected chi connectivity index (χ2v) is 2.50. The number of halogens is 1. The predicted octanol–water partition coefficient (Wildman–Crippen LogP) is 2.43. The van der Waals surface area contributed by atoms with Crippen LogP contribution >= 0.6 is 0 Å². The largest absolute Gasteiger partial charge is 0.299 e. The summed E-state index contributed by atoms with van der Waals surface area (Å²) < 4.78 is 12.7. The van der Waals surface area contributed by atoms with Crippen molar-refractivity contribution < 1.29 is 9.18 Å². The van der Waals surface area contributed by atoms with E-state index < -0.39 is 0 Å². The third-order valence-corrected chi connectivity index (χ3v) is 1.60. The fourth-order valence-electron chi connectivity index (χ4n) is 0.932. The highest BCUT2D eigenvalue weighted by Crippen LogP contribution is 2.13. The highest BCUT2D eigenvalue weighted by molar-refractivity contribution is 5.80. The van der Waals surface area contributed by atoms with Gasteiger partial charge in [-0.05, 0) is 36.3 Å². The predicted molar refractivity (Wildman–Crippen MR) is 46.1 cm³/mol. The van der Waals surface area contributed by atoms with Crippen LogP contribution in [0.3, 0.4) is 0 Å². The van der Waals surface area contributed by atoms with Gasteiger partial charge in [0, 0.05) is 0 Å². The van der Waals surface area contributed by atoms with E-state index in [4.69, 9.17) is 0 Å². The maximum Gasteiger partial charge on any atom is 0.143 e. The second kappa shape index (κ2) is 3.81. The summed E-state index contributed by atoms with van der Waals surface area (Å²) in [5, 5.41) is 0. The van der Waals surface area contributed by atoms with E-state index in [0.717, 1.165) is 11.1 Å². The average molecular weight is 164 g/mol. The molecule has 0 heterocycles. The van der Waals surface area contributed by atoms with E-state index in [1.54, 1.807) is 19.1 Å². The Bertz CT molecular complexity index is 315. The third kappa shape index (κ3) is 2.02. The molecule has 0 saturated carbocycles. The van der Waals surface area contributed by atoms with Gasteiger partial charge in [-0.2, -0.15) is 0 Å². The zero-order chi connectivity index (χ0) is 8.97. The zero-order valence-corrected chi connectivity index (χ0v) is 6.75. The Kier molecular flexibility index (Phi) is 2.75. The van der Waals surface area contributed by atoms with Crippen LogP contribution in [-0.2, 0) is 4.79 Å². The number of allylic oxidation sites excluding steroid dienone is 2. The summed E-state index contributed by atoms with van der Waals surface area (Å²) in [7, 11) is 0. The SMILES string of the molecule is CC(=CC=O)c1cccc(F)c1. The van der Waals surface area contributed by atoms with Crippen LogP contribution < -0.4 is 0 Å². The summed E-state index contributed by atoms with van der Waals surface area (Å²) in [4.78, 5) is 10.1. The first-order valence-electron chi connectivity index (χ1n) is 3.62. The Hall–Kier alpha value is -1.44. The molecule has 0 spiro atoms. The van der Waals surface area contributed by atoms with Crippen LogP contribution in [0, 0.1) is 5.82 Å². The molecule has 0 aromatic heterocycles. The molecule has 1 aromatic carbocycles. The number of hydrogen-bond donors (Lipinski definition) is 0. The lowest BCUT2D eigenvalue weighted by atomic mass is 10.1. The van der Waals surface area contributed by atoms with E-state index in [1.807, 2.05) is 0 Å². The van der Waals surface area contributed by atoms with Gasteiger partial charge in [-0.25, -0.2) is 4.39 Å². The Morgan fingerprint density at radius 1 is 1.50 bits per heavy atom. The minimum atomic E-state index is -0.286. The summed E-state index contributed by atoms with van der Waals surface area (Å²) in [5.74, 6) is -0.286. The maximum atomic E-state index is 12.7. The summed E-state index contributed by atoms with van der Waals surface area (Å²) in [6, 6.07) is 6.15. The van der Waals surface area contributed by atoms with E-state index in [1.165, 1.54) is 18.2 Å². The number of aldehydes is 1. The van der Waals surface area contributed by atoms with Crippen molar-refractivity contribution in [2.24, 2.45) is 0 Å². The standard InChI is InChI=1S/C10H9FO/c1-8(5-6-12)9-3-2-4-10(11)7-9/h2-7H,1H3. The molecule has 1 aromatic rings. The van der Waals surface area contributed by atoms with Gasteiger partial charge in [0.15, 0.2) is 0 Å². The molecule has 0 N–H and O–H groups in total. The molecule has 1 rings (SSSR count). The van der Waals surface area contributed by atoms with Crippen molar-refractivity contribution in [1.82, 2.24) is 0 Å². The highest BCUT2D eigenvalue weighted by atomic mass is 19.1. The Labute approximate surface area is 70.5 Å². The number of benzene rings is 1. The molecule has 0 unspecified atom stereocenters. The summed E-state index contributed by atoms with van der Waals surface area (Å²) in [5.41, 5.74) is 1.51. The van der Waals surface area contributed by atoms with Crippen molar-refractivity contribution in [3.8, 4) is 0 Å². The zero-order valence-electron chi connectivity index (χ0n) is 6.75. The monoisotopic (exact) mass is 164 g/mol. The van der Waals surface area contributed by atoms with E-state index >= 15 is 0 Å². The minimum Gasteiger partial charge on any atom is -0.299 e. The van der Waals surface area contributed by atoms with Gasteiger partial charge in [0.25, 0.3) is 0 Å². The van der Waals surface area contributed by atoms with Crippen LogP contribution in [-0.4, -0.2) is 6.29 Å². The molecule has 0 fully saturated rings.